The van der Waals surface area contributed by atoms with E-state index in [1.54, 1.807) is 0 Å². The van der Waals surface area contributed by atoms with Crippen LogP contribution in [0.1, 0.15) is 168 Å². The van der Waals surface area contributed by atoms with Crippen molar-refractivity contribution in [2.24, 2.45) is 39.5 Å². The quantitative estimate of drug-likeness (QED) is 0.115. The molecule has 78 heavy (non-hydrogen) atoms. The Morgan fingerprint density at radius 1 is 0.359 bits per heavy atom. The monoisotopic (exact) mass is 1040 g/mol. The van der Waals surface area contributed by atoms with Crippen molar-refractivity contribution >= 4 is 0 Å². The first-order chi connectivity index (χ1) is 36.7. The summed E-state index contributed by atoms with van der Waals surface area (Å²) in [7, 11) is 8.58. The Morgan fingerprint density at radius 2 is 0.667 bits per heavy atom. The fourth-order valence-corrected chi connectivity index (χ4v) is 10.8. The van der Waals surface area contributed by atoms with E-state index in [0.717, 1.165) is 19.3 Å². The van der Waals surface area contributed by atoms with E-state index in [1.165, 1.54) is 112 Å². The second-order valence-corrected chi connectivity index (χ2v) is 24.8. The maximum absolute atomic E-state index is 2.38. The van der Waals surface area contributed by atoms with Crippen LogP contribution in [0.5, 0.6) is 0 Å². The first-order valence-corrected chi connectivity index (χ1v) is 29.0. The lowest BCUT2D eigenvalue weighted by molar-refractivity contribution is -0.661. The van der Waals surface area contributed by atoms with Crippen molar-refractivity contribution in [3.05, 3.63) is 213 Å². The minimum atomic E-state index is 0.321. The third kappa shape index (κ3) is 16.5. The van der Waals surface area contributed by atoms with Crippen LogP contribution in [0.2, 0.25) is 0 Å². The van der Waals surface area contributed by atoms with Gasteiger partial charge in [-0.1, -0.05) is 156 Å². The molecule has 0 bridgehead atoms. The van der Waals surface area contributed by atoms with Crippen molar-refractivity contribution in [2.75, 3.05) is 0 Å². The van der Waals surface area contributed by atoms with Crippen molar-refractivity contribution in [3.8, 4) is 45.0 Å². The number of rotatable bonds is 11. The van der Waals surface area contributed by atoms with Crippen LogP contribution in [0.25, 0.3) is 45.0 Å². The highest BCUT2D eigenvalue weighted by Gasteiger charge is 2.23. The Bertz CT molecular complexity index is 3270. The van der Waals surface area contributed by atoms with E-state index in [2.05, 4.69) is 317 Å². The molecule has 0 saturated heterocycles. The molecular weight excluding hydrogens is 945 g/mol. The summed E-state index contributed by atoms with van der Waals surface area (Å²) in [5.41, 5.74) is 27.6. The zero-order valence-electron chi connectivity index (χ0n) is 52.6. The van der Waals surface area contributed by atoms with Crippen LogP contribution < -0.4 is 18.3 Å². The summed E-state index contributed by atoms with van der Waals surface area (Å²) in [6, 6.07) is 43.8. The van der Waals surface area contributed by atoms with Gasteiger partial charge in [-0.2, -0.15) is 0 Å². The standard InChI is InChI=1S/2C19H26N.2C18H24N/c1-14-9-7-8-10-17(14)18-11-15(2)16(13-20(18)6)12-19(3,4)5;1-13(2)17-11-19(16-10-8-7-9-15(16)5)20(6)12-18(17)14(3)4;1-13(2)10-16-12-19(5)18(11-15(16)4)17-9-7-6-8-14(17)3;1-6-15-12-19(5)18(11-17(15)13(2)3)16-10-8-7-9-14(16)4/h7-11,13H,12H2,1-6H3;7-14H,1-6H3;6-9,11-13H,10H2,1-5H3;7-13H,6H2,1-5H3/q4*+1. The molecule has 0 saturated carbocycles. The molecule has 0 N–H and O–H groups in total. The lowest BCUT2D eigenvalue weighted by Gasteiger charge is -2.19. The van der Waals surface area contributed by atoms with Crippen molar-refractivity contribution in [1.82, 2.24) is 0 Å². The number of hydrogen-bond acceptors (Lipinski definition) is 0. The van der Waals surface area contributed by atoms with Gasteiger partial charge in [0.15, 0.2) is 24.8 Å². The van der Waals surface area contributed by atoms with Gasteiger partial charge < -0.3 is 0 Å². The molecule has 8 aromatic rings. The molecule has 4 heteroatoms. The largest absolute Gasteiger partial charge is 0.212 e. The maximum Gasteiger partial charge on any atom is 0.212 e. The van der Waals surface area contributed by atoms with Gasteiger partial charge in [0.2, 0.25) is 22.8 Å². The molecular formula is C74H100N4+4. The number of aryl methyl sites for hydroxylation is 11. The number of pyridine rings is 4. The van der Waals surface area contributed by atoms with E-state index < -0.39 is 0 Å². The van der Waals surface area contributed by atoms with E-state index in [-0.39, 0.29) is 0 Å². The van der Waals surface area contributed by atoms with Crippen molar-refractivity contribution in [1.29, 1.82) is 0 Å². The predicted molar refractivity (Wildman–Crippen MR) is 334 cm³/mol. The molecule has 0 radical (unpaired) electrons. The number of aromatic nitrogens is 4. The average molecular weight is 1050 g/mol. The predicted octanol–water partition coefficient (Wildman–Crippen LogP) is 17.3. The molecule has 4 nitrogen and oxygen atoms in total. The molecule has 0 atom stereocenters. The highest BCUT2D eigenvalue weighted by molar-refractivity contribution is 5.64. The fraction of sp³-hybridized carbons (Fsp3) is 0.405. The molecule has 0 aliphatic carbocycles. The van der Waals surface area contributed by atoms with E-state index in [0.29, 0.717) is 29.1 Å². The van der Waals surface area contributed by atoms with Gasteiger partial charge in [-0.3, -0.25) is 0 Å². The summed E-state index contributed by atoms with van der Waals surface area (Å²) < 4.78 is 9.04. The minimum Gasteiger partial charge on any atom is -0.201 e. The number of nitrogens with zero attached hydrogens (tertiary/aromatic N) is 4. The van der Waals surface area contributed by atoms with Gasteiger partial charge in [0, 0.05) is 68.8 Å². The summed E-state index contributed by atoms with van der Waals surface area (Å²) in [6.07, 6.45) is 12.5. The van der Waals surface area contributed by atoms with Crippen molar-refractivity contribution in [3.63, 3.8) is 0 Å². The van der Waals surface area contributed by atoms with Crippen LogP contribution >= 0.6 is 0 Å². The van der Waals surface area contributed by atoms with Gasteiger partial charge >= 0.3 is 0 Å². The molecule has 4 aromatic heterocycles. The summed E-state index contributed by atoms with van der Waals surface area (Å²) in [5.74, 6) is 2.38. The second kappa shape index (κ2) is 27.9. The lowest BCUT2D eigenvalue weighted by atomic mass is 9.87. The summed E-state index contributed by atoms with van der Waals surface area (Å²) >= 11 is 0. The number of benzene rings is 4. The highest BCUT2D eigenvalue weighted by atomic mass is 14.9. The van der Waals surface area contributed by atoms with Crippen LogP contribution in [0, 0.1) is 52.9 Å². The minimum absolute atomic E-state index is 0.321. The normalized spacial score (nSPS) is 11.3. The maximum atomic E-state index is 2.38. The van der Waals surface area contributed by atoms with E-state index >= 15 is 0 Å². The van der Waals surface area contributed by atoms with Gasteiger partial charge in [0.05, 0.1) is 0 Å². The summed E-state index contributed by atoms with van der Waals surface area (Å²) in [5, 5.41) is 0. The molecule has 0 spiro atoms. The molecule has 0 amide bonds. The smallest absolute Gasteiger partial charge is 0.201 e. The van der Waals surface area contributed by atoms with Crippen LogP contribution in [-0.4, -0.2) is 0 Å². The van der Waals surface area contributed by atoms with Crippen LogP contribution in [0.4, 0.5) is 0 Å². The zero-order valence-corrected chi connectivity index (χ0v) is 52.6. The molecule has 4 aromatic carbocycles. The average Bonchev–Trinajstić information content (AvgIpc) is 3.40. The third-order valence-electron chi connectivity index (χ3n) is 15.2. The molecule has 0 fully saturated rings. The van der Waals surface area contributed by atoms with Gasteiger partial charge in [0.1, 0.15) is 28.2 Å². The SMILES string of the molecule is CCc1c[n+](C)c(-c2ccccc2C)cc1C(C)C.Cc1cc(-c2ccccc2C)[n+](C)cc1CC(C)(C)C.Cc1cc(-c2ccccc2C)[n+](C)cc1CC(C)C.Cc1ccccc1-c1cc(C(C)C)c(C(C)C)c[n+]1C. The molecule has 0 unspecified atom stereocenters. The molecule has 0 aliphatic rings. The fourth-order valence-electron chi connectivity index (χ4n) is 10.8. The first-order valence-electron chi connectivity index (χ1n) is 29.0. The summed E-state index contributed by atoms with van der Waals surface area (Å²) in [6.45, 7) is 40.5. The van der Waals surface area contributed by atoms with Crippen molar-refractivity contribution in [2.45, 2.75) is 162 Å². The van der Waals surface area contributed by atoms with Crippen LogP contribution in [0.3, 0.4) is 0 Å². The highest BCUT2D eigenvalue weighted by Crippen LogP contribution is 2.31. The van der Waals surface area contributed by atoms with E-state index in [4.69, 9.17) is 0 Å². The van der Waals surface area contributed by atoms with Crippen LogP contribution in [0.15, 0.2) is 146 Å². The Kier molecular flexibility index (Phi) is 22.3. The molecule has 412 valence electrons. The zero-order chi connectivity index (χ0) is 57.8. The van der Waals surface area contributed by atoms with Gasteiger partial charge in [-0.15, -0.1) is 0 Å². The third-order valence-corrected chi connectivity index (χ3v) is 15.2. The van der Waals surface area contributed by atoms with E-state index in [9.17, 15) is 0 Å². The van der Waals surface area contributed by atoms with E-state index in [1.807, 2.05) is 0 Å². The topological polar surface area (TPSA) is 15.5 Å². The summed E-state index contributed by atoms with van der Waals surface area (Å²) in [4.78, 5) is 0. The Balaban J connectivity index is 0.000000192. The van der Waals surface area contributed by atoms with Crippen LogP contribution in [-0.2, 0) is 47.5 Å². The Morgan fingerprint density at radius 3 is 1.00 bits per heavy atom. The van der Waals surface area contributed by atoms with Gasteiger partial charge in [-0.25, -0.2) is 18.3 Å². The Labute approximate surface area is 475 Å². The molecule has 4 heterocycles. The van der Waals surface area contributed by atoms with Gasteiger partial charge in [0.25, 0.3) is 0 Å². The lowest BCUT2D eigenvalue weighted by Crippen LogP contribution is -2.32. The Hall–Kier alpha value is -6.52. The molecule has 8 rings (SSSR count). The van der Waals surface area contributed by atoms with Crippen molar-refractivity contribution < 1.29 is 18.3 Å². The second-order valence-electron chi connectivity index (χ2n) is 24.8. The van der Waals surface area contributed by atoms with Gasteiger partial charge in [-0.05, 0) is 159 Å². The first kappa shape index (κ1) is 62.3. The molecule has 0 aliphatic heterocycles. The number of hydrogen-bond donors (Lipinski definition) is 0.